The van der Waals surface area contributed by atoms with Crippen molar-refractivity contribution in [3.05, 3.63) is 47.8 Å². The molecule has 1 N–H and O–H groups in total. The highest BCUT2D eigenvalue weighted by molar-refractivity contribution is 5.48. The lowest BCUT2D eigenvalue weighted by atomic mass is 10.00. The summed E-state index contributed by atoms with van der Waals surface area (Å²) in [5.74, 6) is 0. The van der Waals surface area contributed by atoms with Gasteiger partial charge in [0.05, 0.1) is 17.4 Å². The van der Waals surface area contributed by atoms with Gasteiger partial charge in [-0.05, 0) is 18.4 Å². The lowest BCUT2D eigenvalue weighted by Crippen LogP contribution is -2.11. The Morgan fingerprint density at radius 2 is 1.90 bits per heavy atom. The van der Waals surface area contributed by atoms with E-state index in [0.29, 0.717) is 6.04 Å². The van der Waals surface area contributed by atoms with E-state index in [-0.39, 0.29) is 0 Å². The largest absolute Gasteiger partial charge is 0.375 e. The summed E-state index contributed by atoms with van der Waals surface area (Å²) < 4.78 is 1.90. The highest BCUT2D eigenvalue weighted by atomic mass is 15.3. The van der Waals surface area contributed by atoms with Crippen LogP contribution in [0.5, 0.6) is 0 Å². The molecule has 0 aliphatic carbocycles. The summed E-state index contributed by atoms with van der Waals surface area (Å²) in [7, 11) is 1.99. The molecule has 1 heterocycles. The summed E-state index contributed by atoms with van der Waals surface area (Å²) in [6.07, 6.45) is 8.02. The maximum absolute atomic E-state index is 4.53. The van der Waals surface area contributed by atoms with Crippen LogP contribution in [0.4, 0.5) is 5.69 Å². The summed E-state index contributed by atoms with van der Waals surface area (Å²) in [6.45, 7) is 4.41. The maximum atomic E-state index is 4.53. The number of aryl methyl sites for hydroxylation is 2. The molecule has 0 amide bonds. The van der Waals surface area contributed by atoms with Crippen molar-refractivity contribution < 1.29 is 0 Å². The molecule has 0 spiro atoms. The van der Waals surface area contributed by atoms with Crippen LogP contribution >= 0.6 is 0 Å². The van der Waals surface area contributed by atoms with E-state index in [4.69, 9.17) is 0 Å². The van der Waals surface area contributed by atoms with Gasteiger partial charge in [0.2, 0.25) is 0 Å². The highest BCUT2D eigenvalue weighted by Gasteiger charge is 2.14. The molecule has 0 fully saturated rings. The molecule has 0 saturated carbocycles. The predicted molar refractivity (Wildman–Crippen MR) is 89.5 cm³/mol. The van der Waals surface area contributed by atoms with E-state index in [1.54, 1.807) is 0 Å². The molecule has 0 radical (unpaired) electrons. The molecule has 3 nitrogen and oxygen atoms in total. The molecule has 114 valence electrons. The molecule has 1 aromatic carbocycles. The average Bonchev–Trinajstić information content (AvgIpc) is 2.87. The van der Waals surface area contributed by atoms with Crippen molar-refractivity contribution in [1.82, 2.24) is 9.78 Å². The van der Waals surface area contributed by atoms with Crippen molar-refractivity contribution in [3.8, 4) is 0 Å². The van der Waals surface area contributed by atoms with E-state index in [1.807, 2.05) is 11.7 Å². The average molecular weight is 285 g/mol. The standard InChI is InChI=1S/C18H27N3/c1-4-6-8-13-17(15-11-9-7-10-12-15)19-18-14-21(3)20-16(18)5-2/h7,9-12,14,17,19H,4-6,8,13H2,1-3H3. The summed E-state index contributed by atoms with van der Waals surface area (Å²) in [4.78, 5) is 0. The topological polar surface area (TPSA) is 29.9 Å². The molecule has 1 aromatic heterocycles. The second-order valence-corrected chi connectivity index (χ2v) is 5.62. The minimum Gasteiger partial charge on any atom is -0.375 e. The first-order chi connectivity index (χ1) is 10.2. The van der Waals surface area contributed by atoms with Gasteiger partial charge in [-0.3, -0.25) is 4.68 Å². The number of aromatic nitrogens is 2. The fourth-order valence-corrected chi connectivity index (χ4v) is 2.71. The first kappa shape index (κ1) is 15.6. The number of rotatable bonds is 8. The molecule has 0 bridgehead atoms. The number of unbranched alkanes of at least 4 members (excludes halogenated alkanes) is 2. The molecule has 2 rings (SSSR count). The van der Waals surface area contributed by atoms with Crippen molar-refractivity contribution in [2.45, 2.75) is 52.0 Å². The zero-order valence-corrected chi connectivity index (χ0v) is 13.5. The molecule has 0 aliphatic rings. The number of nitrogens with one attached hydrogen (secondary N) is 1. The molecule has 3 heteroatoms. The zero-order chi connectivity index (χ0) is 15.1. The minimum absolute atomic E-state index is 0.368. The summed E-state index contributed by atoms with van der Waals surface area (Å²) in [5, 5.41) is 8.24. The van der Waals surface area contributed by atoms with Gasteiger partial charge in [0, 0.05) is 13.2 Å². The third-order valence-electron chi connectivity index (χ3n) is 3.87. The minimum atomic E-state index is 0.368. The monoisotopic (exact) mass is 285 g/mol. The molecule has 2 aromatic rings. The van der Waals surface area contributed by atoms with Gasteiger partial charge in [0.1, 0.15) is 0 Å². The summed E-state index contributed by atoms with van der Waals surface area (Å²) in [5.41, 5.74) is 3.68. The van der Waals surface area contributed by atoms with E-state index in [2.05, 4.69) is 60.8 Å². The number of nitrogens with zero attached hydrogens (tertiary/aromatic N) is 2. The van der Waals surface area contributed by atoms with Crippen LogP contribution in [0.15, 0.2) is 36.5 Å². The lowest BCUT2D eigenvalue weighted by molar-refractivity contribution is 0.606. The predicted octanol–water partition coefficient (Wildman–Crippen LogP) is 4.72. The summed E-state index contributed by atoms with van der Waals surface area (Å²) in [6, 6.07) is 11.1. The molecule has 0 aliphatic heterocycles. The van der Waals surface area contributed by atoms with Gasteiger partial charge >= 0.3 is 0 Å². The first-order valence-corrected chi connectivity index (χ1v) is 8.08. The number of benzene rings is 1. The molecule has 0 saturated heterocycles. The van der Waals surface area contributed by atoms with Gasteiger partial charge in [-0.2, -0.15) is 5.10 Å². The fourth-order valence-electron chi connectivity index (χ4n) is 2.71. The molecule has 21 heavy (non-hydrogen) atoms. The Morgan fingerprint density at radius 1 is 1.14 bits per heavy atom. The van der Waals surface area contributed by atoms with Crippen molar-refractivity contribution in [2.24, 2.45) is 7.05 Å². The summed E-state index contributed by atoms with van der Waals surface area (Å²) >= 11 is 0. The van der Waals surface area contributed by atoms with Crippen LogP contribution in [0.1, 0.15) is 56.8 Å². The lowest BCUT2D eigenvalue weighted by Gasteiger charge is -2.20. The second-order valence-electron chi connectivity index (χ2n) is 5.62. The van der Waals surface area contributed by atoms with E-state index in [0.717, 1.165) is 18.5 Å². The van der Waals surface area contributed by atoms with Crippen LogP contribution in [0.25, 0.3) is 0 Å². The smallest absolute Gasteiger partial charge is 0.0853 e. The van der Waals surface area contributed by atoms with Crippen LogP contribution in [0.2, 0.25) is 0 Å². The van der Waals surface area contributed by atoms with Crippen LogP contribution in [-0.2, 0) is 13.5 Å². The Balaban J connectivity index is 2.15. The third-order valence-corrected chi connectivity index (χ3v) is 3.87. The van der Waals surface area contributed by atoms with E-state index >= 15 is 0 Å². The second kappa shape index (κ2) is 7.87. The third kappa shape index (κ3) is 4.35. The highest BCUT2D eigenvalue weighted by Crippen LogP contribution is 2.26. The van der Waals surface area contributed by atoms with Crippen molar-refractivity contribution in [3.63, 3.8) is 0 Å². The SMILES string of the molecule is CCCCCC(Nc1cn(C)nc1CC)c1ccccc1. The molecular formula is C18H27N3. The van der Waals surface area contributed by atoms with Crippen LogP contribution in [0, 0.1) is 0 Å². The number of hydrogen-bond acceptors (Lipinski definition) is 2. The van der Waals surface area contributed by atoms with E-state index in [1.165, 1.54) is 30.5 Å². The maximum Gasteiger partial charge on any atom is 0.0853 e. The van der Waals surface area contributed by atoms with Crippen molar-refractivity contribution in [1.29, 1.82) is 0 Å². The molecule has 1 atom stereocenters. The first-order valence-electron chi connectivity index (χ1n) is 8.08. The van der Waals surface area contributed by atoms with Crippen molar-refractivity contribution >= 4 is 5.69 Å². The fraction of sp³-hybridized carbons (Fsp3) is 0.500. The Morgan fingerprint density at radius 3 is 2.57 bits per heavy atom. The van der Waals surface area contributed by atoms with Crippen molar-refractivity contribution in [2.75, 3.05) is 5.32 Å². The van der Waals surface area contributed by atoms with Gasteiger partial charge in [0.25, 0.3) is 0 Å². The van der Waals surface area contributed by atoms with E-state index < -0.39 is 0 Å². The molecule has 1 unspecified atom stereocenters. The number of hydrogen-bond donors (Lipinski definition) is 1. The van der Waals surface area contributed by atoms with Crippen LogP contribution in [-0.4, -0.2) is 9.78 Å². The number of anilines is 1. The van der Waals surface area contributed by atoms with Gasteiger partial charge < -0.3 is 5.32 Å². The van der Waals surface area contributed by atoms with Crippen LogP contribution in [0.3, 0.4) is 0 Å². The molecular weight excluding hydrogens is 258 g/mol. The van der Waals surface area contributed by atoms with Crippen LogP contribution < -0.4 is 5.32 Å². The van der Waals surface area contributed by atoms with Gasteiger partial charge in [-0.1, -0.05) is 63.4 Å². The Labute approximate surface area is 128 Å². The normalized spacial score (nSPS) is 12.3. The Kier molecular flexibility index (Phi) is 5.85. The quantitative estimate of drug-likeness (QED) is 0.711. The Hall–Kier alpha value is -1.77. The Bertz CT molecular complexity index is 531. The zero-order valence-electron chi connectivity index (χ0n) is 13.5. The van der Waals surface area contributed by atoms with Gasteiger partial charge in [-0.15, -0.1) is 0 Å². The van der Waals surface area contributed by atoms with Gasteiger partial charge in [0.15, 0.2) is 0 Å². The van der Waals surface area contributed by atoms with E-state index in [9.17, 15) is 0 Å². The van der Waals surface area contributed by atoms with Gasteiger partial charge in [-0.25, -0.2) is 0 Å².